The Bertz CT molecular complexity index is 3520. The minimum atomic E-state index is -0.422. The van der Waals surface area contributed by atoms with Crippen LogP contribution in [0.5, 0.6) is 0 Å². The average molecular weight is 806 g/mol. The van der Waals surface area contributed by atoms with E-state index in [0.29, 0.717) is 17.5 Å². The van der Waals surface area contributed by atoms with Gasteiger partial charge in [-0.15, -0.1) is 11.3 Å². The molecule has 1 spiro atoms. The van der Waals surface area contributed by atoms with E-state index >= 15 is 0 Å². The molecule has 2 aliphatic rings. The van der Waals surface area contributed by atoms with Crippen LogP contribution in [0.25, 0.3) is 98.8 Å². The third kappa shape index (κ3) is 5.08. The van der Waals surface area contributed by atoms with E-state index in [1.54, 1.807) is 0 Å². The molecule has 2 aromatic heterocycles. The van der Waals surface area contributed by atoms with Crippen molar-refractivity contribution in [2.75, 3.05) is 0 Å². The Kier molecular flexibility index (Phi) is 7.69. The fourth-order valence-electron chi connectivity index (χ4n) is 10.4. The minimum absolute atomic E-state index is 0.422. The molecule has 0 fully saturated rings. The second-order valence-electron chi connectivity index (χ2n) is 16.2. The van der Waals surface area contributed by atoms with Gasteiger partial charge in [-0.2, -0.15) is 0 Å². The van der Waals surface area contributed by atoms with Gasteiger partial charge >= 0.3 is 0 Å². The molecule has 0 unspecified atom stereocenters. The molecule has 4 heteroatoms. The molecule has 0 atom stereocenters. The van der Waals surface area contributed by atoms with Crippen LogP contribution in [-0.2, 0) is 5.41 Å². The van der Waals surface area contributed by atoms with Crippen molar-refractivity contribution in [3.63, 3.8) is 0 Å². The topological polar surface area (TPSA) is 38.7 Å². The number of rotatable bonds is 5. The smallest absolute Gasteiger partial charge is 0.164 e. The van der Waals surface area contributed by atoms with Crippen molar-refractivity contribution in [1.29, 1.82) is 0 Å². The molecule has 288 valence electrons. The summed E-state index contributed by atoms with van der Waals surface area (Å²) in [5.41, 5.74) is 17.7. The van der Waals surface area contributed by atoms with E-state index in [9.17, 15) is 0 Å². The monoisotopic (exact) mass is 805 g/mol. The zero-order valence-corrected chi connectivity index (χ0v) is 34.3. The lowest BCUT2D eigenvalue weighted by molar-refractivity contribution is 0.796. The standard InChI is InChI=1S/C58H35N3S/c1-2-15-38(16-3-1)55-59-56(39-33-34-53-48(35-39)45-21-9-13-28-52(45)62-53)61-57(60-55)47-22-5-4-17-40(47)36-29-31-37(32-30-36)41-23-14-24-46-44-20-8-12-27-51(44)58(54(41)46)49-25-10-6-18-42(49)43-19-7-11-26-50(43)58/h1-35H. The Labute approximate surface area is 363 Å². The third-order valence-electron chi connectivity index (χ3n) is 13.0. The molecule has 3 nitrogen and oxygen atoms in total. The highest BCUT2D eigenvalue weighted by Gasteiger charge is 2.52. The van der Waals surface area contributed by atoms with Crippen LogP contribution in [0.3, 0.4) is 0 Å². The highest BCUT2D eigenvalue weighted by molar-refractivity contribution is 7.25. The van der Waals surface area contributed by atoms with Crippen LogP contribution in [0.15, 0.2) is 212 Å². The number of nitrogens with zero attached hydrogens (tertiary/aromatic N) is 3. The zero-order chi connectivity index (χ0) is 40.8. The number of hydrogen-bond acceptors (Lipinski definition) is 4. The number of fused-ring (bicyclic) bond motifs is 13. The highest BCUT2D eigenvalue weighted by Crippen LogP contribution is 2.64. The molecule has 9 aromatic carbocycles. The molecule has 0 aliphatic heterocycles. The Morgan fingerprint density at radius 3 is 1.45 bits per heavy atom. The van der Waals surface area contributed by atoms with Crippen LogP contribution in [0.2, 0.25) is 0 Å². The number of benzene rings is 9. The fraction of sp³-hybridized carbons (Fsp3) is 0.0172. The Hall–Kier alpha value is -7.79. The van der Waals surface area contributed by atoms with Gasteiger partial charge in [0.05, 0.1) is 5.41 Å². The van der Waals surface area contributed by atoms with E-state index < -0.39 is 5.41 Å². The van der Waals surface area contributed by atoms with E-state index in [1.807, 2.05) is 29.5 Å². The molecule has 0 saturated carbocycles. The lowest BCUT2D eigenvalue weighted by Crippen LogP contribution is -2.26. The molecule has 13 rings (SSSR count). The van der Waals surface area contributed by atoms with Gasteiger partial charge in [-0.3, -0.25) is 0 Å². The predicted octanol–water partition coefficient (Wildman–Crippen LogP) is 14.9. The second kappa shape index (κ2) is 13.6. The summed E-state index contributed by atoms with van der Waals surface area (Å²) < 4.78 is 2.52. The largest absolute Gasteiger partial charge is 0.208 e. The molecular formula is C58H35N3S. The van der Waals surface area contributed by atoms with Crippen LogP contribution >= 0.6 is 11.3 Å². The van der Waals surface area contributed by atoms with E-state index in [1.165, 1.54) is 75.8 Å². The fourth-order valence-corrected chi connectivity index (χ4v) is 11.4. The summed E-state index contributed by atoms with van der Waals surface area (Å²) in [5, 5.41) is 2.46. The van der Waals surface area contributed by atoms with Crippen molar-refractivity contribution in [3.05, 3.63) is 235 Å². The summed E-state index contributed by atoms with van der Waals surface area (Å²) in [6, 6.07) is 76.8. The predicted molar refractivity (Wildman–Crippen MR) is 256 cm³/mol. The van der Waals surface area contributed by atoms with E-state index in [4.69, 9.17) is 15.0 Å². The van der Waals surface area contributed by atoms with Gasteiger partial charge < -0.3 is 0 Å². The molecule has 0 saturated heterocycles. The van der Waals surface area contributed by atoms with Crippen molar-refractivity contribution in [1.82, 2.24) is 15.0 Å². The molecule has 0 bridgehead atoms. The van der Waals surface area contributed by atoms with Gasteiger partial charge in [0.2, 0.25) is 0 Å². The first-order valence-electron chi connectivity index (χ1n) is 21.1. The lowest BCUT2D eigenvalue weighted by atomic mass is 9.68. The first-order valence-corrected chi connectivity index (χ1v) is 21.9. The quantitative estimate of drug-likeness (QED) is 0.174. The Balaban J connectivity index is 0.952. The minimum Gasteiger partial charge on any atom is -0.208 e. The zero-order valence-electron chi connectivity index (χ0n) is 33.5. The second-order valence-corrected chi connectivity index (χ2v) is 17.3. The van der Waals surface area contributed by atoms with Crippen LogP contribution in [0.1, 0.15) is 22.3 Å². The van der Waals surface area contributed by atoms with E-state index in [0.717, 1.165) is 27.8 Å². The summed E-state index contributed by atoms with van der Waals surface area (Å²) in [7, 11) is 0. The van der Waals surface area contributed by atoms with Gasteiger partial charge in [-0.05, 0) is 91.0 Å². The first-order chi connectivity index (χ1) is 30.7. The molecule has 2 aliphatic carbocycles. The van der Waals surface area contributed by atoms with Crippen molar-refractivity contribution in [2.24, 2.45) is 0 Å². The maximum atomic E-state index is 5.24. The molecule has 0 N–H and O–H groups in total. The number of hydrogen-bond donors (Lipinski definition) is 0. The van der Waals surface area contributed by atoms with Gasteiger partial charge in [-0.1, -0.05) is 188 Å². The van der Waals surface area contributed by atoms with Gasteiger partial charge in [0.25, 0.3) is 0 Å². The first kappa shape index (κ1) is 35.0. The van der Waals surface area contributed by atoms with E-state index in [2.05, 4.69) is 194 Å². The van der Waals surface area contributed by atoms with Crippen molar-refractivity contribution >= 4 is 31.5 Å². The Morgan fingerprint density at radius 1 is 0.290 bits per heavy atom. The number of aromatic nitrogens is 3. The molecule has 62 heavy (non-hydrogen) atoms. The Morgan fingerprint density at radius 2 is 0.758 bits per heavy atom. The normalized spacial score (nSPS) is 13.0. The summed E-state index contributed by atoms with van der Waals surface area (Å²) in [6.45, 7) is 0. The average Bonchev–Trinajstić information content (AvgIpc) is 3.98. The summed E-state index contributed by atoms with van der Waals surface area (Å²) >= 11 is 1.81. The maximum absolute atomic E-state index is 5.24. The number of thiophene rings is 1. The third-order valence-corrected chi connectivity index (χ3v) is 14.1. The van der Waals surface area contributed by atoms with Crippen LogP contribution < -0.4 is 0 Å². The van der Waals surface area contributed by atoms with Crippen LogP contribution in [0, 0.1) is 0 Å². The van der Waals surface area contributed by atoms with E-state index in [-0.39, 0.29) is 0 Å². The molecule has 11 aromatic rings. The molecule has 0 amide bonds. The van der Waals surface area contributed by atoms with Gasteiger partial charge in [-0.25, -0.2) is 15.0 Å². The molecule has 0 radical (unpaired) electrons. The molecule has 2 heterocycles. The summed E-state index contributed by atoms with van der Waals surface area (Å²) in [5.74, 6) is 1.94. The summed E-state index contributed by atoms with van der Waals surface area (Å²) in [4.78, 5) is 15.5. The summed E-state index contributed by atoms with van der Waals surface area (Å²) in [6.07, 6.45) is 0. The SMILES string of the molecule is c1ccc(-c2nc(-c3ccc4sc5ccccc5c4c3)nc(-c3ccccc3-c3ccc(-c4cccc5c4C4(c6ccccc6-c6ccccc64)c4ccccc4-5)cc3)n2)cc1. The van der Waals surface area contributed by atoms with Gasteiger partial charge in [0.1, 0.15) is 0 Å². The maximum Gasteiger partial charge on any atom is 0.164 e. The van der Waals surface area contributed by atoms with Gasteiger partial charge in [0, 0.05) is 36.9 Å². The van der Waals surface area contributed by atoms with Crippen molar-refractivity contribution in [2.45, 2.75) is 5.41 Å². The molecular weight excluding hydrogens is 771 g/mol. The lowest BCUT2D eigenvalue weighted by Gasteiger charge is -2.32. The van der Waals surface area contributed by atoms with Crippen molar-refractivity contribution in [3.8, 4) is 78.7 Å². The van der Waals surface area contributed by atoms with Gasteiger partial charge in [0.15, 0.2) is 17.5 Å². The highest BCUT2D eigenvalue weighted by atomic mass is 32.1. The van der Waals surface area contributed by atoms with Crippen molar-refractivity contribution < 1.29 is 0 Å². The van der Waals surface area contributed by atoms with Crippen LogP contribution in [-0.4, -0.2) is 15.0 Å². The van der Waals surface area contributed by atoms with Crippen LogP contribution in [0.4, 0.5) is 0 Å².